The second-order valence-corrected chi connectivity index (χ2v) is 7.02. The second kappa shape index (κ2) is 7.79. The van der Waals surface area contributed by atoms with Crippen LogP contribution in [0.5, 0.6) is 11.5 Å². The fourth-order valence-electron chi connectivity index (χ4n) is 3.39. The molecular formula is C21H24N4O3. The fraction of sp³-hybridized carbons (Fsp3) is 0.333. The fourth-order valence-corrected chi connectivity index (χ4v) is 3.39. The largest absolute Gasteiger partial charge is 0.497 e. The Bertz CT molecular complexity index is 1010. The van der Waals surface area contributed by atoms with E-state index in [0.717, 1.165) is 17.8 Å². The third kappa shape index (κ3) is 3.47. The first-order chi connectivity index (χ1) is 13.4. The summed E-state index contributed by atoms with van der Waals surface area (Å²) in [6.07, 6.45) is 0. The molecule has 1 aliphatic rings. The molecule has 3 rings (SSSR count). The van der Waals surface area contributed by atoms with Gasteiger partial charge in [-0.25, -0.2) is 0 Å². The molecule has 0 amide bonds. The van der Waals surface area contributed by atoms with Crippen LogP contribution in [0.4, 0.5) is 0 Å². The van der Waals surface area contributed by atoms with E-state index in [1.165, 1.54) is 0 Å². The number of fused-ring (bicyclic) bond motifs is 1. The number of methoxy groups -OCH3 is 1. The van der Waals surface area contributed by atoms with Gasteiger partial charge in [0.2, 0.25) is 5.88 Å². The van der Waals surface area contributed by atoms with E-state index in [-0.39, 0.29) is 17.0 Å². The molecule has 146 valence electrons. The van der Waals surface area contributed by atoms with Crippen LogP contribution in [0.1, 0.15) is 22.7 Å². The Morgan fingerprint density at radius 1 is 1.32 bits per heavy atom. The molecule has 0 fully saturated rings. The summed E-state index contributed by atoms with van der Waals surface area (Å²) in [5, 5.41) is 9.70. The van der Waals surface area contributed by atoms with E-state index in [2.05, 4.69) is 6.07 Å². The number of aryl methyl sites for hydroxylation is 1. The van der Waals surface area contributed by atoms with Gasteiger partial charge in [-0.05, 0) is 38.7 Å². The molecule has 0 bridgehead atoms. The summed E-state index contributed by atoms with van der Waals surface area (Å²) >= 11 is 0. The van der Waals surface area contributed by atoms with Crippen molar-refractivity contribution in [3.8, 4) is 17.6 Å². The van der Waals surface area contributed by atoms with Crippen molar-refractivity contribution in [2.45, 2.75) is 19.4 Å². The molecule has 1 aliphatic heterocycles. The van der Waals surface area contributed by atoms with Gasteiger partial charge in [0.1, 0.15) is 23.1 Å². The molecule has 2 heterocycles. The molecule has 1 aromatic heterocycles. The summed E-state index contributed by atoms with van der Waals surface area (Å²) in [5.74, 6) is 0.540. The highest BCUT2D eigenvalue weighted by Gasteiger charge is 2.34. The minimum absolute atomic E-state index is 0.0284. The minimum Gasteiger partial charge on any atom is -0.497 e. The maximum atomic E-state index is 13.4. The first-order valence-electron chi connectivity index (χ1n) is 8.98. The summed E-state index contributed by atoms with van der Waals surface area (Å²) in [6, 6.07) is 11.2. The number of rotatable bonds is 5. The van der Waals surface area contributed by atoms with Crippen molar-refractivity contribution in [2.75, 3.05) is 27.7 Å². The zero-order valence-electron chi connectivity index (χ0n) is 16.5. The zero-order valence-corrected chi connectivity index (χ0v) is 16.5. The average molecular weight is 380 g/mol. The summed E-state index contributed by atoms with van der Waals surface area (Å²) in [5.41, 5.74) is 8.08. The molecule has 0 aliphatic carbocycles. The van der Waals surface area contributed by atoms with E-state index >= 15 is 0 Å². The van der Waals surface area contributed by atoms with Gasteiger partial charge in [0.05, 0.1) is 18.6 Å². The smallest absolute Gasteiger partial charge is 0.258 e. The van der Waals surface area contributed by atoms with Crippen LogP contribution in [0.15, 0.2) is 46.6 Å². The van der Waals surface area contributed by atoms with Gasteiger partial charge in [-0.1, -0.05) is 12.1 Å². The third-order valence-corrected chi connectivity index (χ3v) is 4.91. The van der Waals surface area contributed by atoms with Crippen LogP contribution < -0.4 is 20.8 Å². The molecule has 28 heavy (non-hydrogen) atoms. The van der Waals surface area contributed by atoms with E-state index < -0.39 is 5.92 Å². The minimum atomic E-state index is -0.585. The number of aromatic nitrogens is 1. The molecular weight excluding hydrogens is 356 g/mol. The van der Waals surface area contributed by atoms with Gasteiger partial charge >= 0.3 is 0 Å². The number of benzene rings is 1. The monoisotopic (exact) mass is 380 g/mol. The van der Waals surface area contributed by atoms with Gasteiger partial charge in [0.15, 0.2) is 0 Å². The van der Waals surface area contributed by atoms with E-state index in [1.807, 2.05) is 44.1 Å². The summed E-state index contributed by atoms with van der Waals surface area (Å²) in [6.45, 7) is 3.13. The topological polar surface area (TPSA) is 93.5 Å². The molecule has 1 atom stereocenters. The number of ether oxygens (including phenoxy) is 2. The first kappa shape index (κ1) is 19.5. The van der Waals surface area contributed by atoms with Crippen LogP contribution in [0.25, 0.3) is 0 Å². The van der Waals surface area contributed by atoms with Gasteiger partial charge in [-0.3, -0.25) is 4.79 Å². The lowest BCUT2D eigenvalue weighted by Crippen LogP contribution is -2.34. The van der Waals surface area contributed by atoms with E-state index in [1.54, 1.807) is 23.8 Å². The highest BCUT2D eigenvalue weighted by atomic mass is 16.5. The lowest BCUT2D eigenvalue weighted by Gasteiger charge is -2.27. The van der Waals surface area contributed by atoms with Crippen molar-refractivity contribution >= 4 is 0 Å². The summed E-state index contributed by atoms with van der Waals surface area (Å²) < 4.78 is 12.6. The molecule has 2 aromatic rings. The van der Waals surface area contributed by atoms with Gasteiger partial charge in [-0.2, -0.15) is 5.26 Å². The van der Waals surface area contributed by atoms with E-state index in [0.29, 0.717) is 23.6 Å². The average Bonchev–Trinajstić information content (AvgIpc) is 2.66. The Morgan fingerprint density at radius 3 is 2.57 bits per heavy atom. The predicted octanol–water partition coefficient (Wildman–Crippen LogP) is 1.95. The first-order valence-corrected chi connectivity index (χ1v) is 8.98. The lowest BCUT2D eigenvalue weighted by molar-refractivity contribution is 0.369. The SMILES string of the molecule is COc1ccc([C@@H]2C(C#N)=C(N)Oc3cc(C)n(CCN(C)C)c(=O)c32)cc1. The van der Waals surface area contributed by atoms with Crippen molar-refractivity contribution in [1.29, 1.82) is 5.26 Å². The summed E-state index contributed by atoms with van der Waals surface area (Å²) in [4.78, 5) is 15.4. The number of hydrogen-bond donors (Lipinski definition) is 1. The number of hydrogen-bond acceptors (Lipinski definition) is 6. The maximum absolute atomic E-state index is 13.4. The molecule has 0 saturated heterocycles. The Labute approximate surface area is 164 Å². The standard InChI is InChI=1S/C21H24N4O3/c1-13-11-17-19(21(26)25(13)10-9-24(2)3)18(16(12-22)20(23)28-17)14-5-7-15(27-4)8-6-14/h5-8,11,18H,9-10,23H2,1-4H3/t18-/m1/s1. The van der Waals surface area contributed by atoms with Crippen molar-refractivity contribution in [1.82, 2.24) is 9.47 Å². The highest BCUT2D eigenvalue weighted by Crippen LogP contribution is 2.40. The maximum Gasteiger partial charge on any atom is 0.258 e. The second-order valence-electron chi connectivity index (χ2n) is 7.02. The number of nitrogens with zero attached hydrogens (tertiary/aromatic N) is 3. The molecule has 0 saturated carbocycles. The van der Waals surface area contributed by atoms with Crippen molar-refractivity contribution in [2.24, 2.45) is 5.73 Å². The number of pyridine rings is 1. The molecule has 0 radical (unpaired) electrons. The van der Waals surface area contributed by atoms with Gasteiger partial charge in [0, 0.05) is 24.8 Å². The van der Waals surface area contributed by atoms with E-state index in [4.69, 9.17) is 15.2 Å². The molecule has 1 aromatic carbocycles. The van der Waals surface area contributed by atoms with Crippen LogP contribution in [-0.4, -0.2) is 37.2 Å². The third-order valence-electron chi connectivity index (χ3n) is 4.91. The van der Waals surface area contributed by atoms with Gasteiger partial charge in [0.25, 0.3) is 5.56 Å². The Hall–Kier alpha value is -3.24. The predicted molar refractivity (Wildman–Crippen MR) is 106 cm³/mol. The molecule has 7 nitrogen and oxygen atoms in total. The number of allylic oxidation sites excluding steroid dienone is 1. The van der Waals surface area contributed by atoms with Gasteiger partial charge < -0.3 is 24.7 Å². The quantitative estimate of drug-likeness (QED) is 0.852. The Balaban J connectivity index is 2.20. The van der Waals surface area contributed by atoms with Gasteiger partial charge in [-0.15, -0.1) is 0 Å². The lowest BCUT2D eigenvalue weighted by atomic mass is 9.84. The van der Waals surface area contributed by atoms with Crippen LogP contribution in [-0.2, 0) is 6.54 Å². The summed E-state index contributed by atoms with van der Waals surface area (Å²) in [7, 11) is 5.50. The number of likely N-dealkylation sites (N-methyl/N-ethyl adjacent to an activating group) is 1. The Kier molecular flexibility index (Phi) is 5.43. The molecule has 7 heteroatoms. The molecule has 0 unspecified atom stereocenters. The van der Waals surface area contributed by atoms with Crippen molar-refractivity contribution in [3.63, 3.8) is 0 Å². The zero-order chi connectivity index (χ0) is 20.4. The number of nitrogens with two attached hydrogens (primary N) is 1. The number of nitriles is 1. The Morgan fingerprint density at radius 2 is 2.00 bits per heavy atom. The van der Waals surface area contributed by atoms with Crippen LogP contribution in [0, 0.1) is 18.3 Å². The van der Waals surface area contributed by atoms with Crippen molar-refractivity contribution < 1.29 is 9.47 Å². The normalized spacial score (nSPS) is 15.8. The molecule has 2 N–H and O–H groups in total. The van der Waals surface area contributed by atoms with Crippen LogP contribution in [0.2, 0.25) is 0 Å². The highest BCUT2D eigenvalue weighted by molar-refractivity contribution is 5.55. The van der Waals surface area contributed by atoms with E-state index in [9.17, 15) is 10.1 Å². The van der Waals surface area contributed by atoms with Crippen LogP contribution in [0.3, 0.4) is 0 Å². The van der Waals surface area contributed by atoms with Crippen LogP contribution >= 0.6 is 0 Å². The van der Waals surface area contributed by atoms with Crippen molar-refractivity contribution in [3.05, 3.63) is 69.0 Å². The molecule has 0 spiro atoms.